The number of benzene rings is 2. The zero-order valence-electron chi connectivity index (χ0n) is 16.5. The smallest absolute Gasteiger partial charge is 0.260 e. The molecular formula is C20H24IN3O4S. The second-order valence-corrected chi connectivity index (χ2v) is 9.97. The molecule has 2 aromatic carbocycles. The summed E-state index contributed by atoms with van der Waals surface area (Å²) in [7, 11) is -3.62. The second-order valence-electron chi connectivity index (χ2n) is 6.81. The van der Waals surface area contributed by atoms with Gasteiger partial charge in [0.2, 0.25) is 10.0 Å². The summed E-state index contributed by atoms with van der Waals surface area (Å²) >= 11 is 2.13. The lowest BCUT2D eigenvalue weighted by Gasteiger charge is -2.21. The number of hydrogen-bond acceptors (Lipinski definition) is 5. The van der Waals surface area contributed by atoms with E-state index in [-0.39, 0.29) is 6.54 Å². The highest BCUT2D eigenvalue weighted by atomic mass is 127. The van der Waals surface area contributed by atoms with Gasteiger partial charge in [-0.05, 0) is 82.6 Å². The van der Waals surface area contributed by atoms with Gasteiger partial charge in [-0.2, -0.15) is 5.10 Å². The fourth-order valence-electron chi connectivity index (χ4n) is 2.26. The van der Waals surface area contributed by atoms with E-state index >= 15 is 0 Å². The largest absolute Gasteiger partial charge is 0.493 e. The summed E-state index contributed by atoms with van der Waals surface area (Å²) in [6.45, 7) is 4.43. The number of anilines is 1. The third-order valence-electron chi connectivity index (χ3n) is 3.67. The number of ether oxygens (including phenoxy) is 1. The molecule has 0 aliphatic carbocycles. The van der Waals surface area contributed by atoms with E-state index in [1.807, 2.05) is 24.3 Å². The molecule has 7 nitrogen and oxygen atoms in total. The predicted octanol–water partition coefficient (Wildman–Crippen LogP) is 3.24. The minimum atomic E-state index is -3.62. The molecule has 1 N–H and O–H groups in total. The van der Waals surface area contributed by atoms with Gasteiger partial charge in [-0.25, -0.2) is 13.8 Å². The molecule has 0 bridgehead atoms. The number of rotatable bonds is 9. The highest BCUT2D eigenvalue weighted by molar-refractivity contribution is 14.1. The molecule has 0 unspecified atom stereocenters. The van der Waals surface area contributed by atoms with Crippen LogP contribution in [0.2, 0.25) is 0 Å². The first-order chi connectivity index (χ1) is 13.6. The molecule has 0 fully saturated rings. The quantitative estimate of drug-likeness (QED) is 0.307. The number of nitrogens with zero attached hydrogens (tertiary/aromatic N) is 2. The molecule has 29 heavy (non-hydrogen) atoms. The number of nitrogens with one attached hydrogen (secondary N) is 1. The normalized spacial score (nSPS) is 11.6. The molecule has 1 amide bonds. The molecule has 0 saturated heterocycles. The van der Waals surface area contributed by atoms with Crippen LogP contribution in [0, 0.1) is 9.49 Å². The summed E-state index contributed by atoms with van der Waals surface area (Å²) in [5, 5.41) is 3.90. The Morgan fingerprint density at radius 1 is 1.17 bits per heavy atom. The van der Waals surface area contributed by atoms with Crippen molar-refractivity contribution < 1.29 is 17.9 Å². The molecule has 2 aromatic rings. The lowest BCUT2D eigenvalue weighted by molar-refractivity contribution is -0.119. The molecule has 9 heteroatoms. The maximum atomic E-state index is 12.2. The van der Waals surface area contributed by atoms with E-state index in [0.717, 1.165) is 25.4 Å². The van der Waals surface area contributed by atoms with Crippen molar-refractivity contribution >= 4 is 50.4 Å². The van der Waals surface area contributed by atoms with Crippen LogP contribution in [0.3, 0.4) is 0 Å². The monoisotopic (exact) mass is 529 g/mol. The molecule has 156 valence electrons. The molecule has 2 rings (SSSR count). The number of hydrogen-bond donors (Lipinski definition) is 1. The first kappa shape index (κ1) is 23.1. The van der Waals surface area contributed by atoms with Gasteiger partial charge < -0.3 is 4.74 Å². The van der Waals surface area contributed by atoms with Crippen molar-refractivity contribution in [3.05, 3.63) is 57.7 Å². The van der Waals surface area contributed by atoms with Crippen molar-refractivity contribution in [1.82, 2.24) is 5.43 Å². The van der Waals surface area contributed by atoms with E-state index in [9.17, 15) is 13.2 Å². The number of amides is 1. The van der Waals surface area contributed by atoms with Gasteiger partial charge in [-0.3, -0.25) is 9.10 Å². The Labute approximate surface area is 185 Å². The Morgan fingerprint density at radius 2 is 1.79 bits per heavy atom. The molecule has 0 aliphatic rings. The maximum Gasteiger partial charge on any atom is 0.260 e. The molecule has 0 atom stereocenters. The number of carbonyl (C=O) groups excluding carboxylic acids is 1. The van der Waals surface area contributed by atoms with E-state index < -0.39 is 15.9 Å². The van der Waals surface area contributed by atoms with Gasteiger partial charge in [-0.15, -0.1) is 0 Å². The molecule has 0 heterocycles. The van der Waals surface area contributed by atoms with Crippen molar-refractivity contribution in [2.24, 2.45) is 11.0 Å². The minimum absolute atomic E-state index is 0.362. The minimum Gasteiger partial charge on any atom is -0.493 e. The summed E-state index contributed by atoms with van der Waals surface area (Å²) in [6, 6.07) is 14.2. The van der Waals surface area contributed by atoms with E-state index in [4.69, 9.17) is 4.74 Å². The Morgan fingerprint density at radius 3 is 2.34 bits per heavy atom. The van der Waals surface area contributed by atoms with Gasteiger partial charge in [0.25, 0.3) is 5.91 Å². The highest BCUT2D eigenvalue weighted by Gasteiger charge is 2.20. The molecule has 0 aliphatic heterocycles. The van der Waals surface area contributed by atoms with Crippen molar-refractivity contribution in [3.8, 4) is 5.75 Å². The predicted molar refractivity (Wildman–Crippen MR) is 124 cm³/mol. The summed E-state index contributed by atoms with van der Waals surface area (Å²) in [5.74, 6) is 0.667. The van der Waals surface area contributed by atoms with Crippen LogP contribution in [-0.2, 0) is 14.8 Å². The lowest BCUT2D eigenvalue weighted by atomic mass is 10.2. The van der Waals surface area contributed by atoms with Crippen LogP contribution in [0.1, 0.15) is 19.4 Å². The third kappa shape index (κ3) is 8.01. The van der Waals surface area contributed by atoms with Gasteiger partial charge in [0, 0.05) is 3.57 Å². The van der Waals surface area contributed by atoms with Gasteiger partial charge in [0.15, 0.2) is 0 Å². The molecular weight excluding hydrogens is 505 g/mol. The fraction of sp³-hybridized carbons (Fsp3) is 0.300. The second kappa shape index (κ2) is 10.6. The number of sulfonamides is 1. The lowest BCUT2D eigenvalue weighted by Crippen LogP contribution is -2.39. The molecule has 0 radical (unpaired) electrons. The van der Waals surface area contributed by atoms with Gasteiger partial charge in [0.05, 0.1) is 24.8 Å². The molecule has 0 aromatic heterocycles. The van der Waals surface area contributed by atoms with Crippen molar-refractivity contribution in [3.63, 3.8) is 0 Å². The standard InChI is InChI=1S/C20H24IN3O4S/c1-15(2)14-28-19-10-4-16(5-11-19)12-22-23-20(25)13-24(29(3,26)27)18-8-6-17(21)7-9-18/h4-12,15H,13-14H2,1-3H3,(H,23,25)/b22-12-. The van der Waals surface area contributed by atoms with E-state index in [2.05, 4.69) is 47.0 Å². The number of carbonyl (C=O) groups is 1. The van der Waals surface area contributed by atoms with E-state index in [1.165, 1.54) is 6.21 Å². The molecule has 0 saturated carbocycles. The Balaban J connectivity index is 1.95. The average Bonchev–Trinajstić information content (AvgIpc) is 2.65. The summed E-state index contributed by atoms with van der Waals surface area (Å²) in [5.41, 5.74) is 3.56. The van der Waals surface area contributed by atoms with Crippen LogP contribution in [0.25, 0.3) is 0 Å². The van der Waals surface area contributed by atoms with Gasteiger partial charge >= 0.3 is 0 Å². The summed E-state index contributed by atoms with van der Waals surface area (Å²) in [6.07, 6.45) is 2.55. The van der Waals surface area contributed by atoms with Crippen LogP contribution < -0.4 is 14.5 Å². The van der Waals surface area contributed by atoms with Gasteiger partial charge in [0.1, 0.15) is 12.3 Å². The summed E-state index contributed by atoms with van der Waals surface area (Å²) in [4.78, 5) is 12.2. The Hall–Kier alpha value is -2.14. The van der Waals surface area contributed by atoms with Crippen LogP contribution in [0.4, 0.5) is 5.69 Å². The fourth-order valence-corrected chi connectivity index (χ4v) is 3.48. The number of halogens is 1. The maximum absolute atomic E-state index is 12.2. The van der Waals surface area contributed by atoms with E-state index in [0.29, 0.717) is 18.2 Å². The van der Waals surface area contributed by atoms with Crippen LogP contribution in [0.5, 0.6) is 5.75 Å². The van der Waals surface area contributed by atoms with Crippen molar-refractivity contribution in [2.75, 3.05) is 23.7 Å². The first-order valence-electron chi connectivity index (χ1n) is 8.93. The third-order valence-corrected chi connectivity index (χ3v) is 5.53. The SMILES string of the molecule is CC(C)COc1ccc(/C=N\NC(=O)CN(c2ccc(I)cc2)S(C)(=O)=O)cc1. The first-order valence-corrected chi connectivity index (χ1v) is 11.9. The van der Waals surface area contributed by atoms with Crippen molar-refractivity contribution in [2.45, 2.75) is 13.8 Å². The summed E-state index contributed by atoms with van der Waals surface area (Å²) < 4.78 is 31.8. The topological polar surface area (TPSA) is 88.1 Å². The van der Waals surface area contributed by atoms with E-state index in [1.54, 1.807) is 24.3 Å². The zero-order chi connectivity index (χ0) is 21.4. The van der Waals surface area contributed by atoms with Crippen LogP contribution in [0.15, 0.2) is 53.6 Å². The molecule has 0 spiro atoms. The average molecular weight is 529 g/mol. The van der Waals surface area contributed by atoms with Gasteiger partial charge in [-0.1, -0.05) is 13.8 Å². The van der Waals surface area contributed by atoms with Crippen LogP contribution in [-0.4, -0.2) is 39.9 Å². The van der Waals surface area contributed by atoms with Crippen molar-refractivity contribution in [1.29, 1.82) is 0 Å². The Kier molecular flexibility index (Phi) is 8.45. The number of hydrazone groups is 1. The Bertz CT molecular complexity index is 943. The zero-order valence-corrected chi connectivity index (χ0v) is 19.5. The highest BCUT2D eigenvalue weighted by Crippen LogP contribution is 2.19. The van der Waals surface area contributed by atoms with Crippen LogP contribution >= 0.6 is 22.6 Å².